The summed E-state index contributed by atoms with van der Waals surface area (Å²) in [5.41, 5.74) is 0.617. The fourth-order valence-corrected chi connectivity index (χ4v) is 1.89. The van der Waals surface area contributed by atoms with Gasteiger partial charge in [-0.05, 0) is 26.3 Å². The number of rotatable bonds is 9. The number of nitro groups is 1. The van der Waals surface area contributed by atoms with Gasteiger partial charge in [0.05, 0.1) is 23.7 Å². The van der Waals surface area contributed by atoms with Gasteiger partial charge in [-0.2, -0.15) is 0 Å². The third-order valence-corrected chi connectivity index (χ3v) is 2.74. The van der Waals surface area contributed by atoms with Gasteiger partial charge < -0.3 is 19.9 Å². The van der Waals surface area contributed by atoms with Crippen LogP contribution in [0, 0.1) is 10.1 Å². The Bertz CT molecular complexity index is 459. The zero-order valence-electron chi connectivity index (χ0n) is 12.5. The molecule has 7 nitrogen and oxygen atoms in total. The van der Waals surface area contributed by atoms with Crippen molar-refractivity contribution in [2.75, 3.05) is 25.6 Å². The number of hydrogen-bond donors (Lipinski definition) is 2. The Morgan fingerprint density at radius 2 is 2.14 bits per heavy atom. The summed E-state index contributed by atoms with van der Waals surface area (Å²) in [5.74, 6) is 0.222. The van der Waals surface area contributed by atoms with Gasteiger partial charge >= 0.3 is 5.69 Å². The molecule has 1 aromatic rings. The lowest BCUT2D eigenvalue weighted by molar-refractivity contribution is -0.386. The maximum Gasteiger partial charge on any atom is 0.311 e. The van der Waals surface area contributed by atoms with Crippen molar-refractivity contribution in [3.63, 3.8) is 0 Å². The van der Waals surface area contributed by atoms with Crippen LogP contribution in [0.15, 0.2) is 18.2 Å². The summed E-state index contributed by atoms with van der Waals surface area (Å²) < 4.78 is 10.6. The normalized spacial score (nSPS) is 12.2. The summed E-state index contributed by atoms with van der Waals surface area (Å²) in [6.45, 7) is 4.08. The highest BCUT2D eigenvalue weighted by atomic mass is 16.6. The highest BCUT2D eigenvalue weighted by molar-refractivity contribution is 5.58. The van der Waals surface area contributed by atoms with Gasteiger partial charge in [0.15, 0.2) is 5.75 Å². The van der Waals surface area contributed by atoms with Crippen molar-refractivity contribution in [1.82, 2.24) is 0 Å². The van der Waals surface area contributed by atoms with Crippen LogP contribution in [0.3, 0.4) is 0 Å². The fraction of sp³-hybridized carbons (Fsp3) is 0.571. The topological polar surface area (TPSA) is 93.9 Å². The lowest BCUT2D eigenvalue weighted by Gasteiger charge is -2.19. The number of ether oxygens (including phenoxy) is 2. The van der Waals surface area contributed by atoms with Crippen molar-refractivity contribution in [2.45, 2.75) is 32.4 Å². The number of methoxy groups -OCH3 is 1. The van der Waals surface area contributed by atoms with E-state index >= 15 is 0 Å². The van der Waals surface area contributed by atoms with Gasteiger partial charge in [-0.3, -0.25) is 10.1 Å². The molecule has 7 heteroatoms. The Balaban J connectivity index is 2.95. The first-order valence-corrected chi connectivity index (χ1v) is 6.79. The predicted molar refractivity (Wildman–Crippen MR) is 79.8 cm³/mol. The summed E-state index contributed by atoms with van der Waals surface area (Å²) in [6, 6.07) is 4.54. The number of anilines is 1. The standard InChI is InChI=1S/C14H22N2O5/c1-10(2)21-14-8-11(4-5-13(14)16(18)19)15-12(6-7-17)9-20-3/h4-5,8,10,12,15,17H,6-7,9H2,1-3H3. The maximum absolute atomic E-state index is 11.0. The van der Waals surface area contributed by atoms with E-state index < -0.39 is 4.92 Å². The van der Waals surface area contributed by atoms with E-state index in [2.05, 4.69) is 5.32 Å². The van der Waals surface area contributed by atoms with E-state index in [-0.39, 0.29) is 30.2 Å². The van der Waals surface area contributed by atoms with Gasteiger partial charge in [0.25, 0.3) is 0 Å². The first-order valence-electron chi connectivity index (χ1n) is 6.79. The molecule has 0 bridgehead atoms. The lowest BCUT2D eigenvalue weighted by atomic mass is 10.2. The third-order valence-electron chi connectivity index (χ3n) is 2.74. The Hall–Kier alpha value is -1.86. The predicted octanol–water partition coefficient (Wildman–Crippen LogP) is 2.19. The van der Waals surface area contributed by atoms with E-state index in [0.29, 0.717) is 18.7 Å². The molecule has 2 N–H and O–H groups in total. The molecular weight excluding hydrogens is 276 g/mol. The molecule has 0 fully saturated rings. The fourth-order valence-electron chi connectivity index (χ4n) is 1.89. The van der Waals surface area contributed by atoms with Crippen LogP contribution in [0.4, 0.5) is 11.4 Å². The van der Waals surface area contributed by atoms with Crippen LogP contribution in [-0.2, 0) is 4.74 Å². The number of aliphatic hydroxyl groups excluding tert-OH is 1. The van der Waals surface area contributed by atoms with E-state index in [1.807, 2.05) is 13.8 Å². The third kappa shape index (κ3) is 5.57. The summed E-state index contributed by atoms with van der Waals surface area (Å²) in [4.78, 5) is 10.5. The van der Waals surface area contributed by atoms with Gasteiger partial charge in [0.1, 0.15) is 0 Å². The molecule has 0 aliphatic carbocycles. The average molecular weight is 298 g/mol. The Labute approximate surface area is 124 Å². The van der Waals surface area contributed by atoms with E-state index in [1.54, 1.807) is 19.2 Å². The zero-order chi connectivity index (χ0) is 15.8. The maximum atomic E-state index is 11.0. The SMILES string of the molecule is COCC(CCO)Nc1ccc([N+](=O)[O-])c(OC(C)C)c1. The van der Waals surface area contributed by atoms with Crippen LogP contribution >= 0.6 is 0 Å². The number of nitrogens with zero attached hydrogens (tertiary/aromatic N) is 1. The number of hydrogen-bond acceptors (Lipinski definition) is 6. The zero-order valence-corrected chi connectivity index (χ0v) is 12.5. The van der Waals surface area contributed by atoms with Gasteiger partial charge in [-0.1, -0.05) is 0 Å². The lowest BCUT2D eigenvalue weighted by Crippen LogP contribution is -2.26. The molecule has 0 saturated heterocycles. The molecule has 0 saturated carbocycles. The van der Waals surface area contributed by atoms with E-state index in [1.165, 1.54) is 6.07 Å². The smallest absolute Gasteiger partial charge is 0.311 e. The molecule has 0 amide bonds. The monoisotopic (exact) mass is 298 g/mol. The Morgan fingerprint density at radius 3 is 2.67 bits per heavy atom. The summed E-state index contributed by atoms with van der Waals surface area (Å²) >= 11 is 0. The van der Waals surface area contributed by atoms with Crippen LogP contribution in [0.5, 0.6) is 5.75 Å². The minimum absolute atomic E-state index is 0.0311. The van der Waals surface area contributed by atoms with Crippen molar-refractivity contribution in [2.24, 2.45) is 0 Å². The molecule has 0 heterocycles. The molecule has 1 rings (SSSR count). The van der Waals surface area contributed by atoms with Gasteiger partial charge in [0, 0.05) is 31.5 Å². The minimum Gasteiger partial charge on any atom is -0.484 e. The number of aliphatic hydroxyl groups is 1. The molecule has 1 unspecified atom stereocenters. The average Bonchev–Trinajstić information content (AvgIpc) is 2.38. The number of nitrogens with one attached hydrogen (secondary N) is 1. The Morgan fingerprint density at radius 1 is 1.43 bits per heavy atom. The molecule has 0 spiro atoms. The molecule has 0 radical (unpaired) electrons. The molecular formula is C14H22N2O5. The van der Waals surface area contributed by atoms with Crippen molar-refractivity contribution in [1.29, 1.82) is 0 Å². The largest absolute Gasteiger partial charge is 0.484 e. The number of nitro benzene ring substituents is 1. The quantitative estimate of drug-likeness (QED) is 0.536. The van der Waals surface area contributed by atoms with Crippen molar-refractivity contribution in [3.8, 4) is 5.75 Å². The van der Waals surface area contributed by atoms with Crippen LogP contribution in [0.2, 0.25) is 0 Å². The van der Waals surface area contributed by atoms with Crippen LogP contribution in [0.25, 0.3) is 0 Å². The van der Waals surface area contributed by atoms with Gasteiger partial charge in [-0.25, -0.2) is 0 Å². The molecule has 21 heavy (non-hydrogen) atoms. The second-order valence-electron chi connectivity index (χ2n) is 4.92. The molecule has 0 aliphatic rings. The van der Waals surface area contributed by atoms with E-state index in [4.69, 9.17) is 14.6 Å². The summed E-state index contributed by atoms with van der Waals surface area (Å²) in [6.07, 6.45) is 0.358. The Kier molecular flexibility index (Phi) is 6.90. The van der Waals surface area contributed by atoms with Crippen molar-refractivity contribution >= 4 is 11.4 Å². The first-order chi connectivity index (χ1) is 9.97. The van der Waals surface area contributed by atoms with E-state index in [0.717, 1.165) is 0 Å². The van der Waals surface area contributed by atoms with Crippen LogP contribution < -0.4 is 10.1 Å². The molecule has 0 aromatic heterocycles. The number of benzene rings is 1. The first kappa shape index (κ1) is 17.2. The van der Waals surface area contributed by atoms with Crippen LogP contribution in [-0.4, -0.2) is 42.5 Å². The van der Waals surface area contributed by atoms with Crippen molar-refractivity contribution < 1.29 is 19.5 Å². The molecule has 118 valence electrons. The second-order valence-corrected chi connectivity index (χ2v) is 4.92. The highest BCUT2D eigenvalue weighted by Gasteiger charge is 2.18. The van der Waals surface area contributed by atoms with Crippen molar-refractivity contribution in [3.05, 3.63) is 28.3 Å². The van der Waals surface area contributed by atoms with Crippen LogP contribution in [0.1, 0.15) is 20.3 Å². The molecule has 1 atom stereocenters. The van der Waals surface area contributed by atoms with Gasteiger partial charge in [-0.15, -0.1) is 0 Å². The summed E-state index contributed by atoms with van der Waals surface area (Å²) in [7, 11) is 1.58. The molecule has 0 aliphatic heterocycles. The van der Waals surface area contributed by atoms with E-state index in [9.17, 15) is 10.1 Å². The minimum atomic E-state index is -0.470. The summed E-state index contributed by atoms with van der Waals surface area (Å²) in [5, 5.41) is 23.2. The van der Waals surface area contributed by atoms with Gasteiger partial charge in [0.2, 0.25) is 0 Å². The second kappa shape index (κ2) is 8.43. The molecule has 1 aromatic carbocycles. The highest BCUT2D eigenvalue weighted by Crippen LogP contribution is 2.31.